The summed E-state index contributed by atoms with van der Waals surface area (Å²) < 4.78 is 2.71. The summed E-state index contributed by atoms with van der Waals surface area (Å²) in [5.41, 5.74) is 5.75. The van der Waals surface area contributed by atoms with Gasteiger partial charge in [-0.1, -0.05) is 23.7 Å². The van der Waals surface area contributed by atoms with E-state index in [2.05, 4.69) is 0 Å². The van der Waals surface area contributed by atoms with Crippen LogP contribution < -0.4 is 17.0 Å². The minimum absolute atomic E-state index is 0.296. The van der Waals surface area contributed by atoms with Crippen LogP contribution in [0, 0.1) is 0 Å². The molecule has 0 aliphatic heterocycles. The van der Waals surface area contributed by atoms with Gasteiger partial charge in [0, 0.05) is 23.8 Å². The van der Waals surface area contributed by atoms with Crippen molar-refractivity contribution in [1.29, 1.82) is 0 Å². The Morgan fingerprint density at radius 1 is 1.10 bits per heavy atom. The topological polar surface area (TPSA) is 70.0 Å². The molecule has 0 fully saturated rings. The Labute approximate surface area is 121 Å². The summed E-state index contributed by atoms with van der Waals surface area (Å²) in [6.07, 6.45) is 2.11. The molecule has 2 N–H and O–H groups in total. The Hall–Kier alpha value is -1.85. The van der Waals surface area contributed by atoms with Gasteiger partial charge in [0.05, 0.1) is 6.54 Å². The molecule has 0 aliphatic carbocycles. The molecule has 106 valence electrons. The van der Waals surface area contributed by atoms with Gasteiger partial charge in [0.1, 0.15) is 0 Å². The SMILES string of the molecule is NCCCn1c(=O)ccn(Cc2ccc(Cl)cc2)c1=O. The summed E-state index contributed by atoms with van der Waals surface area (Å²) in [4.78, 5) is 23.9. The molecule has 1 aromatic heterocycles. The van der Waals surface area contributed by atoms with Crippen molar-refractivity contribution < 1.29 is 0 Å². The summed E-state index contributed by atoms with van der Waals surface area (Å²) in [6.45, 7) is 1.19. The molecule has 0 bridgehead atoms. The van der Waals surface area contributed by atoms with Crippen LogP contribution in [0.2, 0.25) is 5.02 Å². The van der Waals surface area contributed by atoms with Crippen molar-refractivity contribution in [3.8, 4) is 0 Å². The van der Waals surface area contributed by atoms with Gasteiger partial charge in [-0.2, -0.15) is 0 Å². The number of hydrogen-bond donors (Lipinski definition) is 1. The smallest absolute Gasteiger partial charge is 0.330 e. The van der Waals surface area contributed by atoms with E-state index < -0.39 is 0 Å². The molecule has 0 radical (unpaired) electrons. The molecule has 0 atom stereocenters. The van der Waals surface area contributed by atoms with E-state index in [9.17, 15) is 9.59 Å². The third-order valence-electron chi connectivity index (χ3n) is 2.99. The molecule has 1 heterocycles. The van der Waals surface area contributed by atoms with Crippen molar-refractivity contribution >= 4 is 11.6 Å². The van der Waals surface area contributed by atoms with Crippen molar-refractivity contribution in [1.82, 2.24) is 9.13 Å². The van der Waals surface area contributed by atoms with Crippen molar-refractivity contribution in [2.45, 2.75) is 19.5 Å². The second-order valence-electron chi connectivity index (χ2n) is 4.48. The van der Waals surface area contributed by atoms with E-state index in [1.807, 2.05) is 12.1 Å². The first-order valence-corrected chi connectivity index (χ1v) is 6.74. The van der Waals surface area contributed by atoms with E-state index in [0.717, 1.165) is 5.56 Å². The van der Waals surface area contributed by atoms with Crippen LogP contribution >= 0.6 is 11.6 Å². The molecule has 2 rings (SSSR count). The second-order valence-corrected chi connectivity index (χ2v) is 4.92. The van der Waals surface area contributed by atoms with Crippen LogP contribution in [0.4, 0.5) is 0 Å². The quantitative estimate of drug-likeness (QED) is 0.896. The predicted molar refractivity (Wildman–Crippen MR) is 79.2 cm³/mol. The average molecular weight is 294 g/mol. The highest BCUT2D eigenvalue weighted by Gasteiger charge is 2.05. The monoisotopic (exact) mass is 293 g/mol. The molecule has 0 saturated heterocycles. The number of aromatic nitrogens is 2. The minimum Gasteiger partial charge on any atom is -0.330 e. The largest absolute Gasteiger partial charge is 0.331 e. The minimum atomic E-state index is -0.319. The summed E-state index contributed by atoms with van der Waals surface area (Å²) in [5, 5.41) is 0.647. The summed E-state index contributed by atoms with van der Waals surface area (Å²) >= 11 is 5.82. The number of benzene rings is 1. The number of hydrogen-bond acceptors (Lipinski definition) is 3. The zero-order chi connectivity index (χ0) is 14.5. The average Bonchev–Trinajstić information content (AvgIpc) is 2.44. The molecule has 0 amide bonds. The van der Waals surface area contributed by atoms with Crippen LogP contribution in [0.25, 0.3) is 0 Å². The molecule has 20 heavy (non-hydrogen) atoms. The number of halogens is 1. The molecule has 1 aromatic carbocycles. The van der Waals surface area contributed by atoms with Gasteiger partial charge in [0.25, 0.3) is 5.56 Å². The van der Waals surface area contributed by atoms with Gasteiger partial charge in [-0.05, 0) is 30.7 Å². The van der Waals surface area contributed by atoms with E-state index in [-0.39, 0.29) is 11.2 Å². The molecule has 2 aromatic rings. The maximum absolute atomic E-state index is 12.2. The van der Waals surface area contributed by atoms with Gasteiger partial charge in [0.15, 0.2) is 0 Å². The molecule has 0 aliphatic rings. The van der Waals surface area contributed by atoms with Gasteiger partial charge in [-0.15, -0.1) is 0 Å². The molecular formula is C14H16ClN3O2. The highest BCUT2D eigenvalue weighted by atomic mass is 35.5. The molecule has 0 saturated carbocycles. The van der Waals surface area contributed by atoms with Crippen LogP contribution in [-0.4, -0.2) is 15.7 Å². The van der Waals surface area contributed by atoms with E-state index >= 15 is 0 Å². The standard InChI is InChI=1S/C14H16ClN3O2/c15-12-4-2-11(3-5-12)10-17-9-6-13(19)18(14(17)20)8-1-7-16/h2-6,9H,1,7-8,10,16H2. The highest BCUT2D eigenvalue weighted by molar-refractivity contribution is 6.30. The Bertz CT molecular complexity index is 689. The van der Waals surface area contributed by atoms with E-state index in [1.54, 1.807) is 12.1 Å². The van der Waals surface area contributed by atoms with Gasteiger partial charge >= 0.3 is 5.69 Å². The number of rotatable bonds is 5. The Morgan fingerprint density at radius 3 is 2.45 bits per heavy atom. The lowest BCUT2D eigenvalue weighted by atomic mass is 10.2. The van der Waals surface area contributed by atoms with Gasteiger partial charge < -0.3 is 5.73 Å². The maximum atomic E-state index is 12.2. The lowest BCUT2D eigenvalue weighted by Crippen LogP contribution is -2.39. The van der Waals surface area contributed by atoms with Crippen LogP contribution in [0.15, 0.2) is 46.1 Å². The van der Waals surface area contributed by atoms with Crippen LogP contribution in [0.5, 0.6) is 0 Å². The van der Waals surface area contributed by atoms with Crippen LogP contribution in [-0.2, 0) is 13.1 Å². The number of nitrogens with zero attached hydrogens (tertiary/aromatic N) is 2. The highest BCUT2D eigenvalue weighted by Crippen LogP contribution is 2.09. The molecule has 0 unspecified atom stereocenters. The third-order valence-corrected chi connectivity index (χ3v) is 3.24. The fraction of sp³-hybridized carbons (Fsp3) is 0.286. The maximum Gasteiger partial charge on any atom is 0.331 e. The van der Waals surface area contributed by atoms with Gasteiger partial charge in [-0.3, -0.25) is 13.9 Å². The molecule has 6 heteroatoms. The first-order chi connectivity index (χ1) is 9.61. The van der Waals surface area contributed by atoms with Crippen molar-refractivity contribution in [3.05, 3.63) is 68.0 Å². The Morgan fingerprint density at radius 2 is 1.80 bits per heavy atom. The van der Waals surface area contributed by atoms with E-state index in [0.29, 0.717) is 31.1 Å². The zero-order valence-corrected chi connectivity index (χ0v) is 11.7. The van der Waals surface area contributed by atoms with E-state index in [1.165, 1.54) is 21.4 Å². The molecule has 5 nitrogen and oxygen atoms in total. The summed E-state index contributed by atoms with van der Waals surface area (Å²) in [5.74, 6) is 0. The lowest BCUT2D eigenvalue weighted by molar-refractivity contribution is 0.554. The predicted octanol–water partition coefficient (Wildman–Crippen LogP) is 1.06. The first-order valence-electron chi connectivity index (χ1n) is 6.36. The fourth-order valence-electron chi connectivity index (χ4n) is 1.92. The second kappa shape index (κ2) is 6.54. The Kier molecular flexibility index (Phi) is 4.76. The lowest BCUT2D eigenvalue weighted by Gasteiger charge is -2.09. The summed E-state index contributed by atoms with van der Waals surface area (Å²) in [7, 11) is 0. The summed E-state index contributed by atoms with van der Waals surface area (Å²) in [6, 6.07) is 8.64. The van der Waals surface area contributed by atoms with Crippen molar-refractivity contribution in [2.24, 2.45) is 5.73 Å². The van der Waals surface area contributed by atoms with Gasteiger partial charge in [0.2, 0.25) is 0 Å². The zero-order valence-electron chi connectivity index (χ0n) is 11.0. The van der Waals surface area contributed by atoms with E-state index in [4.69, 9.17) is 17.3 Å². The van der Waals surface area contributed by atoms with Crippen LogP contribution in [0.3, 0.4) is 0 Å². The first kappa shape index (κ1) is 14.6. The molecule has 0 spiro atoms. The van der Waals surface area contributed by atoms with Gasteiger partial charge in [-0.25, -0.2) is 4.79 Å². The molecular weight excluding hydrogens is 278 g/mol. The fourth-order valence-corrected chi connectivity index (χ4v) is 2.04. The Balaban J connectivity index is 2.31. The van der Waals surface area contributed by atoms with Crippen LogP contribution in [0.1, 0.15) is 12.0 Å². The number of nitrogens with two attached hydrogens (primary N) is 1. The van der Waals surface area contributed by atoms with Crippen molar-refractivity contribution in [2.75, 3.05) is 6.54 Å². The normalized spacial score (nSPS) is 10.7. The van der Waals surface area contributed by atoms with Crippen molar-refractivity contribution in [3.63, 3.8) is 0 Å². The third kappa shape index (κ3) is 3.37.